The van der Waals surface area contributed by atoms with Gasteiger partial charge in [-0.25, -0.2) is 0 Å². The lowest BCUT2D eigenvalue weighted by atomic mass is 10.2. The Morgan fingerprint density at radius 3 is 2.16 bits per heavy atom. The molecule has 0 aliphatic heterocycles. The number of ether oxygens (including phenoxy) is 1. The van der Waals surface area contributed by atoms with Crippen LogP contribution in [0.4, 0.5) is 5.69 Å². The highest BCUT2D eigenvalue weighted by Gasteiger charge is 2.16. The molecule has 7 nitrogen and oxygen atoms in total. The number of rotatable bonds is 7. The van der Waals surface area contributed by atoms with Gasteiger partial charge in [0.05, 0.1) is 11.9 Å². The minimum absolute atomic E-state index is 0.188. The summed E-state index contributed by atoms with van der Waals surface area (Å²) in [6.07, 6.45) is 1.40. The molecule has 31 heavy (non-hydrogen) atoms. The Kier molecular flexibility index (Phi) is 6.04. The van der Waals surface area contributed by atoms with E-state index in [9.17, 15) is 9.59 Å². The standard InChI is InChI=1S/C24H20N4O3/c29-23(18-11-13-20(14-12-18)31-19-9-5-2-6-10-19)27-21-16-26-28-22(21)24(30)25-15-17-7-3-1-4-8-17/h1-14,16H,15H2,(H,25,30)(H,26,28)(H,27,29). The van der Waals surface area contributed by atoms with Gasteiger partial charge in [-0.3, -0.25) is 14.7 Å². The summed E-state index contributed by atoms with van der Waals surface area (Å²) in [5, 5.41) is 12.1. The summed E-state index contributed by atoms with van der Waals surface area (Å²) in [6.45, 7) is 0.370. The molecule has 3 aromatic carbocycles. The predicted molar refractivity (Wildman–Crippen MR) is 117 cm³/mol. The van der Waals surface area contributed by atoms with Gasteiger partial charge in [-0.15, -0.1) is 0 Å². The maximum atomic E-state index is 12.6. The summed E-state index contributed by atoms with van der Waals surface area (Å²) < 4.78 is 5.73. The molecule has 0 radical (unpaired) electrons. The molecule has 1 aromatic heterocycles. The van der Waals surface area contributed by atoms with E-state index in [1.165, 1.54) is 6.20 Å². The van der Waals surface area contributed by atoms with Crippen LogP contribution < -0.4 is 15.4 Å². The Hall–Kier alpha value is -4.39. The minimum Gasteiger partial charge on any atom is -0.457 e. The first-order valence-corrected chi connectivity index (χ1v) is 9.69. The fraction of sp³-hybridized carbons (Fsp3) is 0.0417. The van der Waals surface area contributed by atoms with Crippen LogP contribution in [0.1, 0.15) is 26.4 Å². The number of amides is 2. The number of benzene rings is 3. The van der Waals surface area contributed by atoms with Gasteiger partial charge in [-0.1, -0.05) is 48.5 Å². The molecule has 4 aromatic rings. The van der Waals surface area contributed by atoms with Gasteiger partial charge < -0.3 is 15.4 Å². The van der Waals surface area contributed by atoms with Gasteiger partial charge in [-0.05, 0) is 42.0 Å². The van der Waals surface area contributed by atoms with E-state index < -0.39 is 0 Å². The number of carbonyl (C=O) groups excluding carboxylic acids is 2. The predicted octanol–water partition coefficient (Wildman–Crippen LogP) is 4.38. The third-order valence-electron chi connectivity index (χ3n) is 4.51. The second-order valence-corrected chi connectivity index (χ2v) is 6.72. The number of hydrogen-bond donors (Lipinski definition) is 3. The van der Waals surface area contributed by atoms with Crippen molar-refractivity contribution < 1.29 is 14.3 Å². The Morgan fingerprint density at radius 2 is 1.45 bits per heavy atom. The van der Waals surface area contributed by atoms with Crippen molar-refractivity contribution in [3.63, 3.8) is 0 Å². The number of anilines is 1. The molecule has 0 saturated carbocycles. The van der Waals surface area contributed by atoms with E-state index in [0.717, 1.165) is 5.56 Å². The van der Waals surface area contributed by atoms with E-state index in [1.807, 2.05) is 60.7 Å². The molecule has 0 aliphatic carbocycles. The molecule has 0 spiro atoms. The van der Waals surface area contributed by atoms with Gasteiger partial charge in [-0.2, -0.15) is 5.10 Å². The molecule has 0 bridgehead atoms. The zero-order chi connectivity index (χ0) is 21.5. The topological polar surface area (TPSA) is 96.1 Å². The summed E-state index contributed by atoms with van der Waals surface area (Å²) in [7, 11) is 0. The number of aromatic nitrogens is 2. The van der Waals surface area contributed by atoms with E-state index in [0.29, 0.717) is 29.3 Å². The van der Waals surface area contributed by atoms with Gasteiger partial charge in [0.15, 0.2) is 0 Å². The molecule has 2 amide bonds. The van der Waals surface area contributed by atoms with Crippen LogP contribution >= 0.6 is 0 Å². The first-order valence-electron chi connectivity index (χ1n) is 9.69. The van der Waals surface area contributed by atoms with Crippen LogP contribution in [0, 0.1) is 0 Å². The monoisotopic (exact) mass is 412 g/mol. The third kappa shape index (κ3) is 5.16. The van der Waals surface area contributed by atoms with Crippen LogP contribution in [0.5, 0.6) is 11.5 Å². The number of nitrogens with one attached hydrogen (secondary N) is 3. The lowest BCUT2D eigenvalue weighted by Gasteiger charge is -2.08. The van der Waals surface area contributed by atoms with Crippen molar-refractivity contribution in [3.8, 4) is 11.5 Å². The van der Waals surface area contributed by atoms with Gasteiger partial charge in [0, 0.05) is 12.1 Å². The van der Waals surface area contributed by atoms with Gasteiger partial charge >= 0.3 is 0 Å². The Balaban J connectivity index is 1.38. The second-order valence-electron chi connectivity index (χ2n) is 6.72. The zero-order valence-electron chi connectivity index (χ0n) is 16.5. The van der Waals surface area contributed by atoms with Crippen molar-refractivity contribution in [3.05, 3.63) is 108 Å². The van der Waals surface area contributed by atoms with Crippen LogP contribution in [0.2, 0.25) is 0 Å². The van der Waals surface area contributed by atoms with Gasteiger partial charge in [0.2, 0.25) is 0 Å². The Morgan fingerprint density at radius 1 is 0.806 bits per heavy atom. The van der Waals surface area contributed by atoms with Crippen LogP contribution in [0.25, 0.3) is 0 Å². The average Bonchev–Trinajstić information content (AvgIpc) is 3.27. The fourth-order valence-electron chi connectivity index (χ4n) is 2.91. The van der Waals surface area contributed by atoms with Crippen molar-refractivity contribution >= 4 is 17.5 Å². The van der Waals surface area contributed by atoms with Crippen LogP contribution in [-0.4, -0.2) is 22.0 Å². The average molecular weight is 412 g/mol. The van der Waals surface area contributed by atoms with Crippen molar-refractivity contribution in [1.82, 2.24) is 15.5 Å². The van der Waals surface area contributed by atoms with Crippen LogP contribution in [-0.2, 0) is 6.54 Å². The lowest BCUT2D eigenvalue weighted by Crippen LogP contribution is -2.25. The zero-order valence-corrected chi connectivity index (χ0v) is 16.5. The van der Waals surface area contributed by atoms with E-state index in [2.05, 4.69) is 20.8 Å². The molecular formula is C24H20N4O3. The highest BCUT2D eigenvalue weighted by molar-refractivity contribution is 6.08. The molecule has 0 saturated heterocycles. The number of nitrogens with zero attached hydrogens (tertiary/aromatic N) is 1. The van der Waals surface area contributed by atoms with Crippen molar-refractivity contribution in [1.29, 1.82) is 0 Å². The van der Waals surface area contributed by atoms with E-state index in [1.54, 1.807) is 24.3 Å². The van der Waals surface area contributed by atoms with Crippen molar-refractivity contribution in [2.75, 3.05) is 5.32 Å². The Bertz CT molecular complexity index is 1160. The SMILES string of the molecule is O=C(Nc1cn[nH]c1C(=O)NCc1ccccc1)c1ccc(Oc2ccccc2)cc1. The fourth-order valence-corrected chi connectivity index (χ4v) is 2.91. The number of H-pyrrole nitrogens is 1. The Labute approximate surface area is 179 Å². The molecule has 3 N–H and O–H groups in total. The maximum Gasteiger partial charge on any atom is 0.271 e. The highest BCUT2D eigenvalue weighted by atomic mass is 16.5. The number of carbonyl (C=O) groups is 2. The first-order chi connectivity index (χ1) is 15.2. The normalized spacial score (nSPS) is 10.3. The van der Waals surface area contributed by atoms with Gasteiger partial charge in [0.1, 0.15) is 17.2 Å². The molecule has 0 unspecified atom stereocenters. The molecule has 0 atom stereocenters. The minimum atomic E-state index is -0.358. The first kappa shape index (κ1) is 19.9. The molecule has 0 fully saturated rings. The van der Waals surface area contributed by atoms with E-state index >= 15 is 0 Å². The maximum absolute atomic E-state index is 12.6. The summed E-state index contributed by atoms with van der Waals surface area (Å²) in [4.78, 5) is 25.1. The van der Waals surface area contributed by atoms with Crippen molar-refractivity contribution in [2.24, 2.45) is 0 Å². The summed E-state index contributed by atoms with van der Waals surface area (Å²) in [6, 6.07) is 25.7. The third-order valence-corrected chi connectivity index (χ3v) is 4.51. The van der Waals surface area contributed by atoms with E-state index in [-0.39, 0.29) is 17.5 Å². The summed E-state index contributed by atoms with van der Waals surface area (Å²) >= 11 is 0. The molecule has 1 heterocycles. The second kappa shape index (κ2) is 9.41. The largest absolute Gasteiger partial charge is 0.457 e. The summed E-state index contributed by atoms with van der Waals surface area (Å²) in [5.41, 5.74) is 1.89. The molecule has 7 heteroatoms. The molecular weight excluding hydrogens is 392 g/mol. The van der Waals surface area contributed by atoms with Gasteiger partial charge in [0.25, 0.3) is 11.8 Å². The van der Waals surface area contributed by atoms with Crippen molar-refractivity contribution in [2.45, 2.75) is 6.54 Å². The summed E-state index contributed by atoms with van der Waals surface area (Å²) in [5.74, 6) is 0.615. The number of hydrogen-bond acceptors (Lipinski definition) is 4. The van der Waals surface area contributed by atoms with E-state index in [4.69, 9.17) is 4.74 Å². The highest BCUT2D eigenvalue weighted by Crippen LogP contribution is 2.22. The molecule has 0 aliphatic rings. The van der Waals surface area contributed by atoms with Crippen LogP contribution in [0.15, 0.2) is 91.1 Å². The molecule has 154 valence electrons. The number of para-hydroxylation sites is 1. The smallest absolute Gasteiger partial charge is 0.271 e. The lowest BCUT2D eigenvalue weighted by molar-refractivity contribution is 0.0946. The van der Waals surface area contributed by atoms with Crippen LogP contribution in [0.3, 0.4) is 0 Å². The quantitative estimate of drug-likeness (QED) is 0.420. The molecule has 4 rings (SSSR count). The number of aromatic amines is 1.